The van der Waals surface area contributed by atoms with Crippen molar-refractivity contribution in [2.45, 2.75) is 39.2 Å². The van der Waals surface area contributed by atoms with Gasteiger partial charge < -0.3 is 10.0 Å². The third-order valence-corrected chi connectivity index (χ3v) is 3.02. The van der Waals surface area contributed by atoms with Crippen molar-refractivity contribution in [1.29, 1.82) is 0 Å². The molecule has 1 aromatic rings. The molecular formula is C17H24FNO. The van der Waals surface area contributed by atoms with Crippen LogP contribution < -0.4 is 0 Å². The van der Waals surface area contributed by atoms with Gasteiger partial charge in [-0.2, -0.15) is 0 Å². The van der Waals surface area contributed by atoms with E-state index in [0.29, 0.717) is 12.0 Å². The third-order valence-electron chi connectivity index (χ3n) is 3.02. The first kappa shape index (κ1) is 16.7. The fraction of sp³-hybridized carbons (Fsp3) is 0.529. The van der Waals surface area contributed by atoms with Gasteiger partial charge in [0.05, 0.1) is 6.61 Å². The molecule has 0 aliphatic heterocycles. The minimum atomic E-state index is -0.252. The Labute approximate surface area is 121 Å². The molecule has 1 N–H and O–H groups in total. The molecule has 0 aliphatic rings. The summed E-state index contributed by atoms with van der Waals surface area (Å²) in [5.74, 6) is 5.45. The summed E-state index contributed by atoms with van der Waals surface area (Å²) in [4.78, 5) is 2.20. The number of unbranched alkanes of at least 4 members (excludes halogenated alkanes) is 2. The SMILES string of the molecule is CCCCCN(C)Cc1cc(F)cc(C#CCCO)c1. The molecule has 3 heteroatoms. The van der Waals surface area contributed by atoms with Gasteiger partial charge in [-0.25, -0.2) is 4.39 Å². The van der Waals surface area contributed by atoms with Crippen LogP contribution in [0.5, 0.6) is 0 Å². The van der Waals surface area contributed by atoms with Crippen molar-refractivity contribution >= 4 is 0 Å². The van der Waals surface area contributed by atoms with E-state index in [1.807, 2.05) is 6.07 Å². The number of rotatable bonds is 7. The van der Waals surface area contributed by atoms with E-state index in [-0.39, 0.29) is 12.4 Å². The Kier molecular flexibility index (Phi) is 7.94. The largest absolute Gasteiger partial charge is 0.395 e. The first-order valence-corrected chi connectivity index (χ1v) is 7.23. The predicted molar refractivity (Wildman–Crippen MR) is 80.8 cm³/mol. The first-order valence-electron chi connectivity index (χ1n) is 7.23. The van der Waals surface area contributed by atoms with Crippen LogP contribution in [-0.2, 0) is 6.54 Å². The molecule has 0 spiro atoms. The maximum absolute atomic E-state index is 13.6. The second kappa shape index (κ2) is 9.52. The lowest BCUT2D eigenvalue weighted by Crippen LogP contribution is -2.19. The van der Waals surface area contributed by atoms with Crippen molar-refractivity contribution in [2.75, 3.05) is 20.2 Å². The van der Waals surface area contributed by atoms with Crippen LogP contribution in [0.25, 0.3) is 0 Å². The number of benzene rings is 1. The van der Waals surface area contributed by atoms with Crippen LogP contribution in [0.1, 0.15) is 43.7 Å². The number of nitrogens with zero attached hydrogens (tertiary/aromatic N) is 1. The van der Waals surface area contributed by atoms with E-state index in [4.69, 9.17) is 5.11 Å². The number of aliphatic hydroxyl groups excluding tert-OH is 1. The Morgan fingerprint density at radius 1 is 1.25 bits per heavy atom. The second-order valence-electron chi connectivity index (χ2n) is 5.07. The number of aliphatic hydroxyl groups is 1. The lowest BCUT2D eigenvalue weighted by Gasteiger charge is -2.16. The second-order valence-corrected chi connectivity index (χ2v) is 5.07. The van der Waals surface area contributed by atoms with Gasteiger partial charge in [0.2, 0.25) is 0 Å². The summed E-state index contributed by atoms with van der Waals surface area (Å²) in [5, 5.41) is 8.69. The lowest BCUT2D eigenvalue weighted by atomic mass is 10.1. The molecule has 0 fully saturated rings. The van der Waals surface area contributed by atoms with Gasteiger partial charge >= 0.3 is 0 Å². The average molecular weight is 277 g/mol. The molecule has 0 heterocycles. The van der Waals surface area contributed by atoms with Crippen LogP contribution in [0.2, 0.25) is 0 Å². The molecule has 20 heavy (non-hydrogen) atoms. The fourth-order valence-corrected chi connectivity index (χ4v) is 2.06. The third kappa shape index (κ3) is 6.70. The highest BCUT2D eigenvalue weighted by Gasteiger charge is 2.03. The van der Waals surface area contributed by atoms with E-state index in [1.54, 1.807) is 6.07 Å². The minimum Gasteiger partial charge on any atom is -0.395 e. The monoisotopic (exact) mass is 277 g/mol. The van der Waals surface area contributed by atoms with Crippen molar-refractivity contribution in [3.8, 4) is 11.8 Å². The Bertz CT molecular complexity index is 462. The first-order chi connectivity index (χ1) is 9.65. The zero-order valence-electron chi connectivity index (χ0n) is 12.5. The molecular weight excluding hydrogens is 253 g/mol. The van der Waals surface area contributed by atoms with Crippen molar-refractivity contribution < 1.29 is 9.50 Å². The maximum atomic E-state index is 13.6. The topological polar surface area (TPSA) is 23.5 Å². The molecule has 1 aromatic carbocycles. The highest BCUT2D eigenvalue weighted by molar-refractivity contribution is 5.37. The van der Waals surface area contributed by atoms with E-state index in [0.717, 1.165) is 18.7 Å². The van der Waals surface area contributed by atoms with Gasteiger partial charge in [-0.1, -0.05) is 31.6 Å². The van der Waals surface area contributed by atoms with E-state index in [2.05, 4.69) is 30.7 Å². The van der Waals surface area contributed by atoms with Crippen molar-refractivity contribution in [3.05, 3.63) is 35.1 Å². The van der Waals surface area contributed by atoms with Gasteiger partial charge in [-0.3, -0.25) is 0 Å². The molecule has 0 radical (unpaired) electrons. The van der Waals surface area contributed by atoms with Crippen LogP contribution in [0.4, 0.5) is 4.39 Å². The normalized spacial score (nSPS) is 10.4. The van der Waals surface area contributed by atoms with E-state index < -0.39 is 0 Å². The van der Waals surface area contributed by atoms with Gasteiger partial charge in [-0.15, -0.1) is 0 Å². The van der Waals surface area contributed by atoms with Crippen LogP contribution in [0.3, 0.4) is 0 Å². The van der Waals surface area contributed by atoms with Crippen LogP contribution in [0, 0.1) is 17.7 Å². The molecule has 0 bridgehead atoms. The molecule has 0 saturated heterocycles. The van der Waals surface area contributed by atoms with Gasteiger partial charge in [0.15, 0.2) is 0 Å². The molecule has 1 rings (SSSR count). The highest BCUT2D eigenvalue weighted by atomic mass is 19.1. The zero-order chi connectivity index (χ0) is 14.8. The summed E-state index contributed by atoms with van der Waals surface area (Å²) in [6.45, 7) is 3.98. The Balaban J connectivity index is 2.63. The lowest BCUT2D eigenvalue weighted by molar-refractivity contribution is 0.305. The van der Waals surface area contributed by atoms with Gasteiger partial charge in [-0.05, 0) is 43.8 Å². The zero-order valence-corrected chi connectivity index (χ0v) is 12.5. The molecule has 2 nitrogen and oxygen atoms in total. The Morgan fingerprint density at radius 2 is 2.05 bits per heavy atom. The van der Waals surface area contributed by atoms with Crippen LogP contribution >= 0.6 is 0 Å². The van der Waals surface area contributed by atoms with Crippen LogP contribution in [0.15, 0.2) is 18.2 Å². The number of halogens is 1. The van der Waals surface area contributed by atoms with E-state index >= 15 is 0 Å². The molecule has 0 aliphatic carbocycles. The molecule has 0 amide bonds. The summed E-state index contributed by atoms with van der Waals surface area (Å²) in [7, 11) is 2.05. The predicted octanol–water partition coefficient (Wildman–Crippen LogP) is 3.18. The standard InChI is InChI=1S/C17H24FNO/c1-3-4-6-9-19(2)14-16-11-15(8-5-7-10-20)12-17(18)13-16/h11-13,20H,3-4,6-7,9-10,14H2,1-2H3. The Morgan fingerprint density at radius 3 is 2.75 bits per heavy atom. The van der Waals surface area contributed by atoms with Crippen molar-refractivity contribution in [1.82, 2.24) is 4.90 Å². The highest BCUT2D eigenvalue weighted by Crippen LogP contribution is 2.11. The number of hydrogen-bond acceptors (Lipinski definition) is 2. The summed E-state index contributed by atoms with van der Waals surface area (Å²) in [6, 6.07) is 4.92. The van der Waals surface area contributed by atoms with Crippen molar-refractivity contribution in [2.24, 2.45) is 0 Å². The summed E-state index contributed by atoms with van der Waals surface area (Å²) in [6.07, 6.45) is 4.03. The molecule has 0 aromatic heterocycles. The molecule has 110 valence electrons. The maximum Gasteiger partial charge on any atom is 0.124 e. The Hall–Kier alpha value is -1.37. The number of hydrogen-bond donors (Lipinski definition) is 1. The van der Waals surface area contributed by atoms with E-state index in [1.165, 1.54) is 25.3 Å². The fourth-order valence-electron chi connectivity index (χ4n) is 2.06. The van der Waals surface area contributed by atoms with E-state index in [9.17, 15) is 4.39 Å². The van der Waals surface area contributed by atoms with Crippen molar-refractivity contribution in [3.63, 3.8) is 0 Å². The quantitative estimate of drug-likeness (QED) is 0.611. The molecule has 0 unspecified atom stereocenters. The smallest absolute Gasteiger partial charge is 0.124 e. The minimum absolute atomic E-state index is 0.0370. The van der Waals surface area contributed by atoms with Gasteiger partial charge in [0.1, 0.15) is 5.82 Å². The molecule has 0 atom stereocenters. The van der Waals surface area contributed by atoms with Gasteiger partial charge in [0.25, 0.3) is 0 Å². The summed E-state index contributed by atoms with van der Waals surface area (Å²) < 4.78 is 13.6. The van der Waals surface area contributed by atoms with Gasteiger partial charge in [0, 0.05) is 18.5 Å². The average Bonchev–Trinajstić information content (AvgIpc) is 2.38. The summed E-state index contributed by atoms with van der Waals surface area (Å²) >= 11 is 0. The van der Waals surface area contributed by atoms with Crippen LogP contribution in [-0.4, -0.2) is 30.2 Å². The summed E-state index contributed by atoms with van der Waals surface area (Å²) in [5.41, 5.74) is 1.62. The molecule has 0 saturated carbocycles.